The van der Waals surface area contributed by atoms with E-state index in [1.807, 2.05) is 44.4 Å². The zero-order valence-corrected chi connectivity index (χ0v) is 14.9. The van der Waals surface area contributed by atoms with Gasteiger partial charge >= 0.3 is 0 Å². The number of H-pyrrole nitrogens is 1. The van der Waals surface area contributed by atoms with Crippen molar-refractivity contribution in [3.8, 4) is 16.9 Å². The van der Waals surface area contributed by atoms with E-state index >= 15 is 0 Å². The number of likely N-dealkylation sites (N-methyl/N-ethyl adjacent to an activating group) is 1. The molecule has 1 aliphatic heterocycles. The third kappa shape index (κ3) is 4.39. The summed E-state index contributed by atoms with van der Waals surface area (Å²) in [5, 5.41) is 10.3. The van der Waals surface area contributed by atoms with Gasteiger partial charge in [-0.25, -0.2) is 0 Å². The standard InChI is InChI=1S/C19H26N4O2/c1-14-18(13-21-22-14)15-5-3-7-17(11-15)25-10-9-23(2)19(24)16-6-4-8-20-12-16/h3,5,7,11,13,16,20H,4,6,8-10,12H2,1-2H3,(H,21,22)/t16-/m1/s1. The van der Waals surface area contributed by atoms with Crippen molar-refractivity contribution in [2.45, 2.75) is 19.8 Å². The van der Waals surface area contributed by atoms with Crippen LogP contribution in [0.15, 0.2) is 30.5 Å². The Bertz CT molecular complexity index is 707. The predicted molar refractivity (Wildman–Crippen MR) is 97.5 cm³/mol. The molecule has 0 aliphatic carbocycles. The van der Waals surface area contributed by atoms with Gasteiger partial charge in [-0.2, -0.15) is 5.10 Å². The molecule has 0 saturated carbocycles. The normalized spacial score (nSPS) is 17.3. The van der Waals surface area contributed by atoms with Gasteiger partial charge in [0.25, 0.3) is 0 Å². The van der Waals surface area contributed by atoms with E-state index in [1.165, 1.54) is 0 Å². The van der Waals surface area contributed by atoms with Crippen molar-refractivity contribution in [3.05, 3.63) is 36.2 Å². The van der Waals surface area contributed by atoms with Crippen molar-refractivity contribution in [1.82, 2.24) is 20.4 Å². The Hall–Kier alpha value is -2.34. The molecule has 1 amide bonds. The number of aromatic amines is 1. The molecule has 1 saturated heterocycles. The van der Waals surface area contributed by atoms with Crippen LogP contribution in [0, 0.1) is 12.8 Å². The third-order valence-electron chi connectivity index (χ3n) is 4.69. The molecule has 2 heterocycles. The van der Waals surface area contributed by atoms with E-state index in [9.17, 15) is 4.79 Å². The van der Waals surface area contributed by atoms with Gasteiger partial charge in [0.2, 0.25) is 5.91 Å². The molecule has 2 N–H and O–H groups in total. The number of hydrogen-bond acceptors (Lipinski definition) is 4. The van der Waals surface area contributed by atoms with Crippen LogP contribution < -0.4 is 10.1 Å². The highest BCUT2D eigenvalue weighted by atomic mass is 16.5. The van der Waals surface area contributed by atoms with Crippen molar-refractivity contribution in [3.63, 3.8) is 0 Å². The molecule has 0 radical (unpaired) electrons. The van der Waals surface area contributed by atoms with E-state index in [0.717, 1.165) is 48.5 Å². The smallest absolute Gasteiger partial charge is 0.226 e. The Balaban J connectivity index is 1.52. The van der Waals surface area contributed by atoms with Crippen molar-refractivity contribution < 1.29 is 9.53 Å². The monoisotopic (exact) mass is 342 g/mol. The lowest BCUT2D eigenvalue weighted by Crippen LogP contribution is -2.42. The maximum Gasteiger partial charge on any atom is 0.226 e. The van der Waals surface area contributed by atoms with Crippen LogP contribution in [-0.4, -0.2) is 54.3 Å². The van der Waals surface area contributed by atoms with Crippen molar-refractivity contribution >= 4 is 5.91 Å². The molecular formula is C19H26N4O2. The lowest BCUT2D eigenvalue weighted by atomic mass is 9.98. The third-order valence-corrected chi connectivity index (χ3v) is 4.69. The summed E-state index contributed by atoms with van der Waals surface area (Å²) in [6, 6.07) is 7.95. The van der Waals surface area contributed by atoms with E-state index < -0.39 is 0 Å². The number of ether oxygens (including phenoxy) is 1. The van der Waals surface area contributed by atoms with Gasteiger partial charge in [0.1, 0.15) is 12.4 Å². The van der Waals surface area contributed by atoms with Crippen LogP contribution in [-0.2, 0) is 4.79 Å². The molecule has 0 unspecified atom stereocenters. The molecule has 1 atom stereocenters. The van der Waals surface area contributed by atoms with Gasteiger partial charge < -0.3 is 15.0 Å². The van der Waals surface area contributed by atoms with Crippen molar-refractivity contribution in [2.75, 3.05) is 33.3 Å². The number of nitrogens with one attached hydrogen (secondary N) is 2. The Morgan fingerprint density at radius 2 is 2.32 bits per heavy atom. The molecule has 0 bridgehead atoms. The van der Waals surface area contributed by atoms with Crippen LogP contribution in [0.4, 0.5) is 0 Å². The van der Waals surface area contributed by atoms with Crippen molar-refractivity contribution in [1.29, 1.82) is 0 Å². The summed E-state index contributed by atoms with van der Waals surface area (Å²) < 4.78 is 5.85. The van der Waals surface area contributed by atoms with E-state index in [1.54, 1.807) is 4.90 Å². The van der Waals surface area contributed by atoms with Gasteiger partial charge in [-0.1, -0.05) is 12.1 Å². The number of nitrogens with zero attached hydrogens (tertiary/aromatic N) is 2. The summed E-state index contributed by atoms with van der Waals surface area (Å²) in [6.07, 6.45) is 3.86. The lowest BCUT2D eigenvalue weighted by Gasteiger charge is -2.27. The van der Waals surface area contributed by atoms with Gasteiger partial charge in [0, 0.05) is 24.8 Å². The molecule has 1 fully saturated rings. The van der Waals surface area contributed by atoms with Gasteiger partial charge in [-0.3, -0.25) is 9.89 Å². The molecular weight excluding hydrogens is 316 g/mol. The number of amides is 1. The first-order valence-electron chi connectivity index (χ1n) is 8.84. The molecule has 6 nitrogen and oxygen atoms in total. The molecule has 1 aliphatic rings. The fraction of sp³-hybridized carbons (Fsp3) is 0.474. The van der Waals surface area contributed by atoms with Crippen LogP contribution in [0.2, 0.25) is 0 Å². The number of aryl methyl sites for hydroxylation is 1. The number of hydrogen-bond donors (Lipinski definition) is 2. The summed E-state index contributed by atoms with van der Waals surface area (Å²) >= 11 is 0. The van der Waals surface area contributed by atoms with Crippen LogP contribution >= 0.6 is 0 Å². The number of carbonyl (C=O) groups excluding carboxylic acids is 1. The first-order chi connectivity index (χ1) is 12.1. The minimum absolute atomic E-state index is 0.103. The first-order valence-corrected chi connectivity index (χ1v) is 8.84. The minimum atomic E-state index is 0.103. The second kappa shape index (κ2) is 8.16. The van der Waals surface area contributed by atoms with Gasteiger partial charge in [0.15, 0.2) is 0 Å². The number of benzene rings is 1. The zero-order valence-electron chi connectivity index (χ0n) is 14.9. The number of aromatic nitrogens is 2. The summed E-state index contributed by atoms with van der Waals surface area (Å²) in [5.74, 6) is 1.11. The molecule has 1 aromatic heterocycles. The van der Waals surface area contributed by atoms with Crippen LogP contribution in [0.1, 0.15) is 18.5 Å². The maximum absolute atomic E-state index is 12.4. The molecule has 0 spiro atoms. The topological polar surface area (TPSA) is 70.2 Å². The Morgan fingerprint density at radius 1 is 1.44 bits per heavy atom. The van der Waals surface area contributed by atoms with Crippen LogP contribution in [0.25, 0.3) is 11.1 Å². The van der Waals surface area contributed by atoms with Gasteiger partial charge in [0.05, 0.1) is 18.7 Å². The second-order valence-electron chi connectivity index (χ2n) is 6.59. The van der Waals surface area contributed by atoms with Crippen LogP contribution in [0.3, 0.4) is 0 Å². The van der Waals surface area contributed by atoms with Gasteiger partial charge in [-0.15, -0.1) is 0 Å². The Kier molecular flexibility index (Phi) is 5.71. The highest BCUT2D eigenvalue weighted by Gasteiger charge is 2.23. The molecule has 134 valence electrons. The number of piperidine rings is 1. The summed E-state index contributed by atoms with van der Waals surface area (Å²) in [7, 11) is 1.85. The van der Waals surface area contributed by atoms with E-state index in [-0.39, 0.29) is 11.8 Å². The summed E-state index contributed by atoms with van der Waals surface area (Å²) in [5.41, 5.74) is 3.17. The average Bonchev–Trinajstić information content (AvgIpc) is 3.08. The largest absolute Gasteiger partial charge is 0.492 e. The summed E-state index contributed by atoms with van der Waals surface area (Å²) in [6.45, 7) is 4.87. The van der Waals surface area contributed by atoms with E-state index in [0.29, 0.717) is 13.2 Å². The maximum atomic E-state index is 12.4. The number of carbonyl (C=O) groups is 1. The molecule has 25 heavy (non-hydrogen) atoms. The van der Waals surface area contributed by atoms with Gasteiger partial charge in [-0.05, 0) is 44.0 Å². The van der Waals surface area contributed by atoms with E-state index in [4.69, 9.17) is 4.74 Å². The fourth-order valence-electron chi connectivity index (χ4n) is 3.18. The quantitative estimate of drug-likeness (QED) is 0.844. The second-order valence-corrected chi connectivity index (χ2v) is 6.59. The number of rotatable bonds is 6. The van der Waals surface area contributed by atoms with Crippen LogP contribution in [0.5, 0.6) is 5.75 Å². The highest BCUT2D eigenvalue weighted by Crippen LogP contribution is 2.25. The van der Waals surface area contributed by atoms with E-state index in [2.05, 4.69) is 15.5 Å². The Morgan fingerprint density at radius 3 is 3.04 bits per heavy atom. The average molecular weight is 342 g/mol. The lowest BCUT2D eigenvalue weighted by molar-refractivity contribution is -0.135. The van der Waals surface area contributed by atoms with Crippen molar-refractivity contribution in [2.24, 2.45) is 5.92 Å². The SMILES string of the molecule is Cc1[nH]ncc1-c1cccc(OCCN(C)C(=O)[C@@H]2CCCNC2)c1. The Labute approximate surface area is 148 Å². The molecule has 3 rings (SSSR count). The minimum Gasteiger partial charge on any atom is -0.492 e. The molecule has 1 aromatic carbocycles. The molecule has 2 aromatic rings. The molecule has 6 heteroatoms. The summed E-state index contributed by atoms with van der Waals surface area (Å²) in [4.78, 5) is 14.2. The fourth-order valence-corrected chi connectivity index (χ4v) is 3.18. The highest BCUT2D eigenvalue weighted by molar-refractivity contribution is 5.78. The zero-order chi connectivity index (χ0) is 17.6. The predicted octanol–water partition coefficient (Wildman–Crippen LogP) is 2.22. The first kappa shape index (κ1) is 17.5.